The number of benzene rings is 1. The van der Waals surface area contributed by atoms with Gasteiger partial charge in [0.2, 0.25) is 5.91 Å². The topological polar surface area (TPSA) is 45.0 Å². The molecule has 3 rings (SSSR count). The van der Waals surface area contributed by atoms with E-state index < -0.39 is 0 Å². The summed E-state index contributed by atoms with van der Waals surface area (Å²) in [7, 11) is 0. The van der Waals surface area contributed by atoms with E-state index in [9.17, 15) is 4.79 Å². The lowest BCUT2D eigenvalue weighted by Gasteiger charge is -2.18. The zero-order valence-electron chi connectivity index (χ0n) is 12.9. The summed E-state index contributed by atoms with van der Waals surface area (Å²) in [6.07, 6.45) is 4.56. The Bertz CT molecular complexity index is 597. The van der Waals surface area contributed by atoms with Gasteiger partial charge in [0.25, 0.3) is 0 Å². The molecule has 0 bridgehead atoms. The number of thioether (sulfide) groups is 1. The maximum atomic E-state index is 12.1. The minimum Gasteiger partial charge on any atom is -0.285 e. The van der Waals surface area contributed by atoms with Crippen molar-refractivity contribution in [3.8, 4) is 0 Å². The normalized spacial score (nSPS) is 26.1. The van der Waals surface area contributed by atoms with Crippen LogP contribution in [0.2, 0.25) is 0 Å². The molecule has 0 spiro atoms. The molecule has 2 aliphatic rings. The van der Waals surface area contributed by atoms with Gasteiger partial charge in [0, 0.05) is 5.71 Å². The maximum Gasteiger partial charge on any atom is 0.239 e. The summed E-state index contributed by atoms with van der Waals surface area (Å²) in [5.41, 5.74) is 2.29. The molecule has 1 aromatic rings. The van der Waals surface area contributed by atoms with Gasteiger partial charge in [0.05, 0.1) is 12.3 Å². The van der Waals surface area contributed by atoms with Crippen LogP contribution in [0.25, 0.3) is 0 Å². The van der Waals surface area contributed by atoms with Crippen molar-refractivity contribution in [3.63, 3.8) is 0 Å². The molecular formula is C17H21N3OS. The number of carbonyl (C=O) groups excluding carboxylic acids is 1. The Balaban J connectivity index is 1.72. The molecule has 1 saturated heterocycles. The van der Waals surface area contributed by atoms with Crippen molar-refractivity contribution in [1.82, 2.24) is 4.90 Å². The summed E-state index contributed by atoms with van der Waals surface area (Å²) >= 11 is 1.49. The predicted octanol–water partition coefficient (Wildman–Crippen LogP) is 3.68. The number of amides is 1. The second kappa shape index (κ2) is 7.09. The molecular weight excluding hydrogens is 294 g/mol. The first-order chi connectivity index (χ1) is 10.7. The summed E-state index contributed by atoms with van der Waals surface area (Å²) < 4.78 is 0. The molecule has 22 heavy (non-hydrogen) atoms. The second-order valence-corrected chi connectivity index (χ2v) is 6.95. The minimum atomic E-state index is 0.116. The van der Waals surface area contributed by atoms with Crippen LogP contribution in [0.5, 0.6) is 0 Å². The van der Waals surface area contributed by atoms with Crippen molar-refractivity contribution < 1.29 is 4.79 Å². The first-order valence-electron chi connectivity index (χ1n) is 7.83. The Kier molecular flexibility index (Phi) is 4.93. The predicted molar refractivity (Wildman–Crippen MR) is 92.0 cm³/mol. The number of hydrogen-bond acceptors (Lipinski definition) is 4. The van der Waals surface area contributed by atoms with Crippen LogP contribution in [-0.4, -0.2) is 27.4 Å². The highest BCUT2D eigenvalue weighted by molar-refractivity contribution is 8.15. The fourth-order valence-electron chi connectivity index (χ4n) is 2.86. The Labute approximate surface area is 135 Å². The standard InChI is InChI=1S/C17H21N3OS/c1-13-6-5-9-15(10-13)18-19-17-20(16(21)12-22-17)11-14-7-3-2-4-8-14/h2-4,7-8,13H,5-6,9-12H2,1H3/b18-15-,19-17+. The van der Waals surface area contributed by atoms with Crippen LogP contribution in [-0.2, 0) is 11.3 Å². The second-order valence-electron chi connectivity index (χ2n) is 6.00. The summed E-state index contributed by atoms with van der Waals surface area (Å²) in [6, 6.07) is 10.0. The third kappa shape index (κ3) is 3.77. The number of amidine groups is 1. The van der Waals surface area contributed by atoms with Gasteiger partial charge in [-0.1, -0.05) is 49.0 Å². The van der Waals surface area contributed by atoms with Crippen LogP contribution in [0.4, 0.5) is 0 Å². The fraction of sp³-hybridized carbons (Fsp3) is 0.471. The summed E-state index contributed by atoms with van der Waals surface area (Å²) in [5.74, 6) is 1.28. The van der Waals surface area contributed by atoms with Crippen molar-refractivity contribution in [2.75, 3.05) is 5.75 Å². The average Bonchev–Trinajstić information content (AvgIpc) is 2.87. The molecule has 1 unspecified atom stereocenters. The van der Waals surface area contributed by atoms with Crippen molar-refractivity contribution >= 4 is 28.5 Å². The lowest BCUT2D eigenvalue weighted by Crippen LogP contribution is -2.28. The molecule has 4 nitrogen and oxygen atoms in total. The first-order valence-corrected chi connectivity index (χ1v) is 8.81. The van der Waals surface area contributed by atoms with E-state index in [1.165, 1.54) is 30.3 Å². The van der Waals surface area contributed by atoms with Crippen LogP contribution in [0.15, 0.2) is 40.5 Å². The third-order valence-corrected chi connectivity index (χ3v) is 5.02. The lowest BCUT2D eigenvalue weighted by molar-refractivity contribution is -0.124. The van der Waals surface area contributed by atoms with Crippen molar-refractivity contribution in [3.05, 3.63) is 35.9 Å². The zero-order valence-corrected chi connectivity index (χ0v) is 13.7. The van der Waals surface area contributed by atoms with Gasteiger partial charge in [0.15, 0.2) is 5.17 Å². The highest BCUT2D eigenvalue weighted by atomic mass is 32.2. The Hall–Kier alpha value is -1.62. The third-order valence-electron chi connectivity index (χ3n) is 4.06. The number of carbonyl (C=O) groups is 1. The van der Waals surface area contributed by atoms with E-state index in [2.05, 4.69) is 17.1 Å². The highest BCUT2D eigenvalue weighted by Crippen LogP contribution is 2.24. The summed E-state index contributed by atoms with van der Waals surface area (Å²) in [5, 5.41) is 9.55. The van der Waals surface area contributed by atoms with Gasteiger partial charge in [-0.05, 0) is 37.2 Å². The molecule has 1 aromatic carbocycles. The molecule has 2 fully saturated rings. The first kappa shape index (κ1) is 15.3. The molecule has 1 aliphatic heterocycles. The van der Waals surface area contributed by atoms with Gasteiger partial charge < -0.3 is 0 Å². The molecule has 1 heterocycles. The van der Waals surface area contributed by atoms with Crippen molar-refractivity contribution in [2.45, 2.75) is 39.2 Å². The monoisotopic (exact) mass is 315 g/mol. The van der Waals surface area contributed by atoms with Crippen LogP contribution in [0.3, 0.4) is 0 Å². The Morgan fingerprint density at radius 1 is 1.27 bits per heavy atom. The van der Waals surface area contributed by atoms with E-state index in [1.54, 1.807) is 4.90 Å². The van der Waals surface area contributed by atoms with Crippen molar-refractivity contribution in [1.29, 1.82) is 0 Å². The smallest absolute Gasteiger partial charge is 0.239 e. The minimum absolute atomic E-state index is 0.116. The van der Waals surface area contributed by atoms with Crippen LogP contribution < -0.4 is 0 Å². The molecule has 0 radical (unpaired) electrons. The maximum absolute atomic E-state index is 12.1. The molecule has 116 valence electrons. The largest absolute Gasteiger partial charge is 0.285 e. The number of hydrogen-bond donors (Lipinski definition) is 0. The van der Waals surface area contributed by atoms with E-state index >= 15 is 0 Å². The zero-order chi connectivity index (χ0) is 15.4. The van der Waals surface area contributed by atoms with E-state index in [4.69, 9.17) is 0 Å². The van der Waals surface area contributed by atoms with E-state index in [1.807, 2.05) is 30.3 Å². The average molecular weight is 315 g/mol. The van der Waals surface area contributed by atoms with E-state index in [-0.39, 0.29) is 5.91 Å². The van der Waals surface area contributed by atoms with Gasteiger partial charge in [-0.15, -0.1) is 5.10 Å². The number of rotatable bonds is 3. The molecule has 1 atom stereocenters. The van der Waals surface area contributed by atoms with Gasteiger partial charge in [-0.3, -0.25) is 9.69 Å². The van der Waals surface area contributed by atoms with E-state index in [0.717, 1.165) is 23.6 Å². The number of nitrogens with zero attached hydrogens (tertiary/aromatic N) is 3. The van der Waals surface area contributed by atoms with Crippen LogP contribution in [0, 0.1) is 5.92 Å². The van der Waals surface area contributed by atoms with Crippen molar-refractivity contribution in [2.24, 2.45) is 16.1 Å². The van der Waals surface area contributed by atoms with Crippen LogP contribution in [0.1, 0.15) is 38.2 Å². The molecule has 1 saturated carbocycles. The SMILES string of the molecule is CC1CCC/C(=N/N=C2/SCC(=O)N2Cc2ccccc2)C1. The quantitative estimate of drug-likeness (QED) is 0.799. The van der Waals surface area contributed by atoms with E-state index in [0.29, 0.717) is 18.2 Å². The van der Waals surface area contributed by atoms with Gasteiger partial charge in [-0.25, -0.2) is 0 Å². The molecule has 5 heteroatoms. The van der Waals surface area contributed by atoms with Gasteiger partial charge in [0.1, 0.15) is 0 Å². The molecule has 0 N–H and O–H groups in total. The van der Waals surface area contributed by atoms with Crippen LogP contribution >= 0.6 is 11.8 Å². The molecule has 0 aromatic heterocycles. The fourth-order valence-corrected chi connectivity index (χ4v) is 3.69. The molecule has 1 amide bonds. The van der Waals surface area contributed by atoms with Gasteiger partial charge >= 0.3 is 0 Å². The summed E-state index contributed by atoms with van der Waals surface area (Å²) in [6.45, 7) is 2.84. The highest BCUT2D eigenvalue weighted by Gasteiger charge is 2.28. The van der Waals surface area contributed by atoms with Gasteiger partial charge in [-0.2, -0.15) is 5.10 Å². The Morgan fingerprint density at radius 3 is 2.86 bits per heavy atom. The summed E-state index contributed by atoms with van der Waals surface area (Å²) in [4.78, 5) is 13.8. The Morgan fingerprint density at radius 2 is 2.09 bits per heavy atom. The lowest BCUT2D eigenvalue weighted by atomic mass is 9.89. The molecule has 1 aliphatic carbocycles.